The highest BCUT2D eigenvalue weighted by Gasteiger charge is 2.24. The number of rotatable bonds is 10. The van der Waals surface area contributed by atoms with Gasteiger partial charge >= 0.3 is 18.2 Å². The fourth-order valence-corrected chi connectivity index (χ4v) is 2.08. The second-order valence-electron chi connectivity index (χ2n) is 5.72. The molecule has 0 saturated carbocycles. The van der Waals surface area contributed by atoms with E-state index in [2.05, 4.69) is 5.32 Å². The number of carbonyl (C=O) groups is 3. The minimum absolute atomic E-state index is 0.181. The second-order valence-corrected chi connectivity index (χ2v) is 5.72. The zero-order valence-corrected chi connectivity index (χ0v) is 15.7. The second kappa shape index (κ2) is 12.5. The van der Waals surface area contributed by atoms with Gasteiger partial charge in [0.05, 0.1) is 6.61 Å². The Balaban J connectivity index is 2.26. The zero-order chi connectivity index (χ0) is 20.1. The van der Waals surface area contributed by atoms with Crippen molar-refractivity contribution in [3.63, 3.8) is 0 Å². The summed E-state index contributed by atoms with van der Waals surface area (Å²) in [6.07, 6.45) is -1.00. The van der Waals surface area contributed by atoms with E-state index >= 15 is 0 Å². The standard InChI is InChI=1S/C18H27N3O6/c1-3-25-16(22)15(27-18(24)21(2)19)11-7-8-12-20-17(23)26-13-14-9-5-4-6-10-14/h4-6,9-10,15H,3,7-8,11-13,19H2,1-2H3,(H,20,23). The van der Waals surface area contributed by atoms with Gasteiger partial charge in [0.25, 0.3) is 0 Å². The summed E-state index contributed by atoms with van der Waals surface area (Å²) in [6.45, 7) is 2.41. The molecule has 2 amide bonds. The van der Waals surface area contributed by atoms with Crippen molar-refractivity contribution < 1.29 is 28.6 Å². The normalized spacial score (nSPS) is 11.2. The lowest BCUT2D eigenvalue weighted by Gasteiger charge is -2.18. The van der Waals surface area contributed by atoms with Crippen molar-refractivity contribution in [1.82, 2.24) is 10.3 Å². The summed E-state index contributed by atoms with van der Waals surface area (Å²) < 4.78 is 15.0. The summed E-state index contributed by atoms with van der Waals surface area (Å²) in [7, 11) is 1.32. The van der Waals surface area contributed by atoms with Crippen molar-refractivity contribution in [3.8, 4) is 0 Å². The Morgan fingerprint density at radius 3 is 2.48 bits per heavy atom. The summed E-state index contributed by atoms with van der Waals surface area (Å²) >= 11 is 0. The summed E-state index contributed by atoms with van der Waals surface area (Å²) in [5.74, 6) is 4.66. The monoisotopic (exact) mass is 381 g/mol. The Bertz CT molecular complexity index is 594. The maximum absolute atomic E-state index is 11.8. The smallest absolute Gasteiger partial charge is 0.424 e. The predicted octanol–water partition coefficient (Wildman–Crippen LogP) is 1.96. The molecule has 9 heteroatoms. The van der Waals surface area contributed by atoms with E-state index in [1.54, 1.807) is 6.92 Å². The Morgan fingerprint density at radius 1 is 1.15 bits per heavy atom. The van der Waals surface area contributed by atoms with Crippen molar-refractivity contribution in [3.05, 3.63) is 35.9 Å². The molecule has 1 unspecified atom stereocenters. The van der Waals surface area contributed by atoms with Crippen LogP contribution in [0.3, 0.4) is 0 Å². The summed E-state index contributed by atoms with van der Waals surface area (Å²) in [6, 6.07) is 9.35. The fraction of sp³-hybridized carbons (Fsp3) is 0.500. The molecule has 0 aliphatic carbocycles. The number of ether oxygens (including phenoxy) is 3. The summed E-state index contributed by atoms with van der Waals surface area (Å²) in [4.78, 5) is 35.0. The Morgan fingerprint density at radius 2 is 1.85 bits per heavy atom. The van der Waals surface area contributed by atoms with Crippen molar-refractivity contribution in [1.29, 1.82) is 0 Å². The number of alkyl carbamates (subject to hydrolysis) is 1. The van der Waals surface area contributed by atoms with Gasteiger partial charge in [-0.3, -0.25) is 0 Å². The van der Waals surface area contributed by atoms with E-state index in [9.17, 15) is 14.4 Å². The third kappa shape index (κ3) is 9.45. The molecule has 1 aromatic rings. The number of unbranched alkanes of at least 4 members (excludes halogenated alkanes) is 1. The third-order valence-electron chi connectivity index (χ3n) is 3.46. The molecule has 0 aliphatic heterocycles. The number of hydrogen-bond acceptors (Lipinski definition) is 7. The van der Waals surface area contributed by atoms with E-state index in [-0.39, 0.29) is 19.6 Å². The Hall–Kier alpha value is -2.81. The molecule has 1 aromatic carbocycles. The first-order valence-corrected chi connectivity index (χ1v) is 8.74. The van der Waals surface area contributed by atoms with Crippen LogP contribution in [0, 0.1) is 0 Å². The van der Waals surface area contributed by atoms with Gasteiger partial charge in [0.1, 0.15) is 6.61 Å². The molecule has 0 radical (unpaired) electrons. The molecule has 0 saturated heterocycles. The summed E-state index contributed by atoms with van der Waals surface area (Å²) in [5, 5.41) is 3.37. The largest absolute Gasteiger partial charge is 0.463 e. The van der Waals surface area contributed by atoms with Gasteiger partial charge in [-0.2, -0.15) is 0 Å². The summed E-state index contributed by atoms with van der Waals surface area (Å²) in [5.41, 5.74) is 0.900. The highest BCUT2D eigenvalue weighted by molar-refractivity contribution is 5.78. The van der Waals surface area contributed by atoms with Crippen LogP contribution in [0.4, 0.5) is 9.59 Å². The van der Waals surface area contributed by atoms with E-state index in [1.165, 1.54) is 7.05 Å². The molecule has 0 fully saturated rings. The van der Waals surface area contributed by atoms with Crippen LogP contribution in [-0.4, -0.2) is 49.5 Å². The van der Waals surface area contributed by atoms with Crippen LogP contribution in [-0.2, 0) is 25.6 Å². The van der Waals surface area contributed by atoms with Crippen LogP contribution in [0.25, 0.3) is 0 Å². The number of carbonyl (C=O) groups excluding carboxylic acids is 3. The molecule has 27 heavy (non-hydrogen) atoms. The zero-order valence-electron chi connectivity index (χ0n) is 15.7. The Kier molecular flexibility index (Phi) is 10.3. The number of benzene rings is 1. The van der Waals surface area contributed by atoms with E-state index in [4.69, 9.17) is 20.1 Å². The lowest BCUT2D eigenvalue weighted by atomic mass is 10.1. The first kappa shape index (κ1) is 22.2. The molecular formula is C18H27N3O6. The van der Waals surface area contributed by atoms with Gasteiger partial charge in [0.15, 0.2) is 0 Å². The van der Waals surface area contributed by atoms with E-state index in [0.717, 1.165) is 10.6 Å². The maximum atomic E-state index is 11.8. The highest BCUT2D eigenvalue weighted by Crippen LogP contribution is 2.09. The molecule has 150 valence electrons. The average Bonchev–Trinajstić information content (AvgIpc) is 2.65. The molecule has 0 heterocycles. The van der Waals surface area contributed by atoms with Crippen LogP contribution >= 0.6 is 0 Å². The van der Waals surface area contributed by atoms with Gasteiger partial charge in [-0.05, 0) is 31.7 Å². The lowest BCUT2D eigenvalue weighted by Crippen LogP contribution is -2.39. The molecule has 0 aromatic heterocycles. The lowest BCUT2D eigenvalue weighted by molar-refractivity contribution is -0.154. The highest BCUT2D eigenvalue weighted by atomic mass is 16.6. The molecule has 9 nitrogen and oxygen atoms in total. The van der Waals surface area contributed by atoms with E-state index < -0.39 is 24.3 Å². The van der Waals surface area contributed by atoms with E-state index in [1.807, 2.05) is 30.3 Å². The SMILES string of the molecule is CCOC(=O)C(CCCCNC(=O)OCc1ccccc1)OC(=O)N(C)N. The Labute approximate surface area is 158 Å². The van der Waals surface area contributed by atoms with Crippen LogP contribution in [0.15, 0.2) is 30.3 Å². The molecule has 0 spiro atoms. The number of hydrogen-bond donors (Lipinski definition) is 2. The fourth-order valence-electron chi connectivity index (χ4n) is 2.08. The van der Waals surface area contributed by atoms with Crippen molar-refractivity contribution in [2.24, 2.45) is 5.84 Å². The number of nitrogens with one attached hydrogen (secondary N) is 1. The van der Waals surface area contributed by atoms with Gasteiger partial charge in [0.2, 0.25) is 6.10 Å². The minimum Gasteiger partial charge on any atom is -0.463 e. The quantitative estimate of drug-likeness (QED) is 0.159. The van der Waals surface area contributed by atoms with E-state index in [0.29, 0.717) is 19.4 Å². The number of amides is 2. The average molecular weight is 381 g/mol. The topological polar surface area (TPSA) is 120 Å². The molecule has 3 N–H and O–H groups in total. The van der Waals surface area contributed by atoms with Gasteiger partial charge in [-0.1, -0.05) is 30.3 Å². The van der Waals surface area contributed by atoms with Gasteiger partial charge in [-0.25, -0.2) is 25.2 Å². The van der Waals surface area contributed by atoms with Crippen molar-refractivity contribution in [2.75, 3.05) is 20.2 Å². The van der Waals surface area contributed by atoms with Gasteiger partial charge < -0.3 is 19.5 Å². The molecular weight excluding hydrogens is 354 g/mol. The molecule has 0 bridgehead atoms. The number of hydrazine groups is 1. The predicted molar refractivity (Wildman–Crippen MR) is 97.3 cm³/mol. The van der Waals surface area contributed by atoms with Crippen molar-refractivity contribution >= 4 is 18.2 Å². The minimum atomic E-state index is -1.03. The number of nitrogens with zero attached hydrogens (tertiary/aromatic N) is 1. The first-order valence-electron chi connectivity index (χ1n) is 8.74. The third-order valence-corrected chi connectivity index (χ3v) is 3.46. The molecule has 0 aliphatic rings. The number of esters is 1. The van der Waals surface area contributed by atoms with Crippen LogP contribution in [0.1, 0.15) is 31.7 Å². The van der Waals surface area contributed by atoms with Crippen molar-refractivity contribution in [2.45, 2.75) is 38.9 Å². The number of nitrogens with two attached hydrogens (primary N) is 1. The molecule has 1 atom stereocenters. The molecule has 1 rings (SSSR count). The van der Waals surface area contributed by atoms with Gasteiger partial charge in [0, 0.05) is 13.6 Å². The van der Waals surface area contributed by atoms with Crippen LogP contribution < -0.4 is 11.2 Å². The van der Waals surface area contributed by atoms with Gasteiger partial charge in [-0.15, -0.1) is 0 Å². The van der Waals surface area contributed by atoms with Crippen LogP contribution in [0.2, 0.25) is 0 Å². The maximum Gasteiger partial charge on any atom is 0.424 e. The van der Waals surface area contributed by atoms with Crippen LogP contribution in [0.5, 0.6) is 0 Å². The first-order chi connectivity index (χ1) is 12.9.